The highest BCUT2D eigenvalue weighted by Crippen LogP contribution is 2.35. The number of nitrogens with one attached hydrogen (secondary N) is 1. The van der Waals surface area contributed by atoms with Crippen molar-refractivity contribution in [2.24, 2.45) is 0 Å². The van der Waals surface area contributed by atoms with Crippen LogP contribution in [0.3, 0.4) is 0 Å². The summed E-state index contributed by atoms with van der Waals surface area (Å²) in [5.41, 5.74) is 2.05. The molecule has 17 heavy (non-hydrogen) atoms. The van der Waals surface area contributed by atoms with Gasteiger partial charge in [0.15, 0.2) is 11.5 Å². The molecule has 2 heterocycles. The van der Waals surface area contributed by atoms with Crippen LogP contribution in [0, 0.1) is 0 Å². The molecule has 0 spiro atoms. The van der Waals surface area contributed by atoms with Gasteiger partial charge in [0, 0.05) is 17.5 Å². The Balaban J connectivity index is 1.92. The van der Waals surface area contributed by atoms with E-state index in [1.165, 1.54) is 0 Å². The molecule has 1 aromatic heterocycles. The molecule has 1 aliphatic heterocycles. The highest BCUT2D eigenvalue weighted by molar-refractivity contribution is 7.09. The van der Waals surface area contributed by atoms with Gasteiger partial charge in [-0.25, -0.2) is 4.98 Å². The third-order valence-corrected chi connectivity index (χ3v) is 3.40. The zero-order valence-corrected chi connectivity index (χ0v) is 10.2. The molecule has 0 unspecified atom stereocenters. The molecule has 1 aliphatic rings. The summed E-state index contributed by atoms with van der Waals surface area (Å²) in [6.45, 7) is 1.11. The lowest BCUT2D eigenvalue weighted by atomic mass is 10.1. The predicted octanol–water partition coefficient (Wildman–Crippen LogP) is 2.26. The van der Waals surface area contributed by atoms with Crippen LogP contribution in [0.2, 0.25) is 0 Å². The number of thiazole rings is 1. The second-order valence-corrected chi connectivity index (χ2v) is 4.67. The summed E-state index contributed by atoms with van der Waals surface area (Å²) < 4.78 is 10.6. The van der Waals surface area contributed by atoms with E-state index in [0.717, 1.165) is 34.3 Å². The van der Waals surface area contributed by atoms with Crippen molar-refractivity contribution in [2.45, 2.75) is 6.54 Å². The maximum Gasteiger partial charge on any atom is 0.231 e. The Kier molecular flexibility index (Phi) is 2.70. The molecule has 0 bridgehead atoms. The Labute approximate surface area is 103 Å². The van der Waals surface area contributed by atoms with Crippen LogP contribution in [-0.4, -0.2) is 18.8 Å². The summed E-state index contributed by atoms with van der Waals surface area (Å²) in [5, 5.41) is 6.24. The topological polar surface area (TPSA) is 43.4 Å². The third kappa shape index (κ3) is 1.99. The summed E-state index contributed by atoms with van der Waals surface area (Å²) in [6.07, 6.45) is 0. The van der Waals surface area contributed by atoms with E-state index < -0.39 is 0 Å². The molecule has 0 atom stereocenters. The smallest absolute Gasteiger partial charge is 0.231 e. The number of hydrogen-bond acceptors (Lipinski definition) is 5. The first-order valence-corrected chi connectivity index (χ1v) is 6.24. The molecule has 0 radical (unpaired) electrons. The normalized spacial score (nSPS) is 13.0. The first kappa shape index (κ1) is 10.6. The van der Waals surface area contributed by atoms with Crippen LogP contribution < -0.4 is 14.8 Å². The van der Waals surface area contributed by atoms with Gasteiger partial charge < -0.3 is 14.8 Å². The van der Waals surface area contributed by atoms with Crippen LogP contribution in [0.15, 0.2) is 23.6 Å². The van der Waals surface area contributed by atoms with Gasteiger partial charge in [0.05, 0.1) is 5.69 Å². The molecule has 5 heteroatoms. The van der Waals surface area contributed by atoms with E-state index in [0.29, 0.717) is 6.79 Å². The predicted molar refractivity (Wildman–Crippen MR) is 66.4 cm³/mol. The Bertz CT molecular complexity index is 539. The fraction of sp³-hybridized carbons (Fsp3) is 0.250. The van der Waals surface area contributed by atoms with Crippen molar-refractivity contribution in [2.75, 3.05) is 13.8 Å². The quantitative estimate of drug-likeness (QED) is 0.904. The summed E-state index contributed by atoms with van der Waals surface area (Å²) >= 11 is 1.66. The fourth-order valence-electron chi connectivity index (χ4n) is 1.73. The average Bonchev–Trinajstić information content (AvgIpc) is 2.96. The van der Waals surface area contributed by atoms with Crippen LogP contribution in [0.1, 0.15) is 5.01 Å². The van der Waals surface area contributed by atoms with Crippen molar-refractivity contribution < 1.29 is 9.47 Å². The van der Waals surface area contributed by atoms with E-state index in [1.807, 2.05) is 25.2 Å². The minimum absolute atomic E-state index is 0.306. The fourth-order valence-corrected chi connectivity index (χ4v) is 2.55. The molecule has 0 amide bonds. The van der Waals surface area contributed by atoms with Crippen molar-refractivity contribution >= 4 is 11.3 Å². The second kappa shape index (κ2) is 4.35. The summed E-state index contributed by atoms with van der Waals surface area (Å²) in [5.74, 6) is 1.60. The lowest BCUT2D eigenvalue weighted by Crippen LogP contribution is -2.04. The van der Waals surface area contributed by atoms with Gasteiger partial charge >= 0.3 is 0 Å². The van der Waals surface area contributed by atoms with Crippen LogP contribution in [0.25, 0.3) is 11.3 Å². The van der Waals surface area contributed by atoms with Gasteiger partial charge in [0.2, 0.25) is 6.79 Å². The molecule has 0 saturated heterocycles. The van der Waals surface area contributed by atoms with Gasteiger partial charge in [0.25, 0.3) is 0 Å². The van der Waals surface area contributed by atoms with Crippen molar-refractivity contribution in [3.63, 3.8) is 0 Å². The van der Waals surface area contributed by atoms with Gasteiger partial charge in [-0.2, -0.15) is 0 Å². The summed E-state index contributed by atoms with van der Waals surface area (Å²) in [4.78, 5) is 4.56. The largest absolute Gasteiger partial charge is 0.454 e. The zero-order valence-electron chi connectivity index (χ0n) is 9.40. The SMILES string of the molecule is CNCc1nc(-c2ccc3c(c2)OCO3)cs1. The standard InChI is InChI=1S/C12H12N2O2S/c1-13-5-12-14-9(6-17-12)8-2-3-10-11(4-8)16-7-15-10/h2-4,6,13H,5,7H2,1H3. The number of benzene rings is 1. The highest BCUT2D eigenvalue weighted by Gasteiger charge is 2.14. The Hall–Kier alpha value is -1.59. The monoisotopic (exact) mass is 248 g/mol. The van der Waals surface area contributed by atoms with Crippen LogP contribution in [-0.2, 0) is 6.54 Å². The average molecular weight is 248 g/mol. The summed E-state index contributed by atoms with van der Waals surface area (Å²) in [6, 6.07) is 5.90. The molecule has 0 saturated carbocycles. The number of aromatic nitrogens is 1. The van der Waals surface area contributed by atoms with Gasteiger partial charge in [-0.15, -0.1) is 11.3 Å². The highest BCUT2D eigenvalue weighted by atomic mass is 32.1. The molecule has 4 nitrogen and oxygen atoms in total. The van der Waals surface area contributed by atoms with Crippen molar-refractivity contribution in [1.29, 1.82) is 0 Å². The lowest BCUT2D eigenvalue weighted by Gasteiger charge is -1.99. The molecule has 0 aliphatic carbocycles. The van der Waals surface area contributed by atoms with E-state index in [-0.39, 0.29) is 0 Å². The van der Waals surface area contributed by atoms with Crippen molar-refractivity contribution in [3.05, 3.63) is 28.6 Å². The van der Waals surface area contributed by atoms with Gasteiger partial charge in [0.1, 0.15) is 5.01 Å². The van der Waals surface area contributed by atoms with Gasteiger partial charge in [-0.1, -0.05) is 0 Å². The van der Waals surface area contributed by atoms with Gasteiger partial charge in [-0.3, -0.25) is 0 Å². The van der Waals surface area contributed by atoms with Crippen LogP contribution in [0.4, 0.5) is 0 Å². The number of nitrogens with zero attached hydrogens (tertiary/aromatic N) is 1. The second-order valence-electron chi connectivity index (χ2n) is 3.72. The minimum Gasteiger partial charge on any atom is -0.454 e. The third-order valence-electron chi connectivity index (χ3n) is 2.55. The molecular formula is C12H12N2O2S. The summed E-state index contributed by atoms with van der Waals surface area (Å²) in [7, 11) is 1.92. The molecule has 0 fully saturated rings. The maximum atomic E-state index is 5.36. The van der Waals surface area contributed by atoms with E-state index in [1.54, 1.807) is 11.3 Å². The molecule has 2 aromatic rings. The molecule has 88 valence electrons. The molecule has 1 N–H and O–H groups in total. The van der Waals surface area contributed by atoms with Crippen molar-refractivity contribution in [3.8, 4) is 22.8 Å². The molecule has 1 aromatic carbocycles. The Morgan fingerprint density at radius 1 is 1.35 bits per heavy atom. The Morgan fingerprint density at radius 3 is 3.12 bits per heavy atom. The van der Waals surface area contributed by atoms with E-state index in [9.17, 15) is 0 Å². The molecular weight excluding hydrogens is 236 g/mol. The minimum atomic E-state index is 0.306. The first-order chi connectivity index (χ1) is 8.36. The van der Waals surface area contributed by atoms with E-state index in [4.69, 9.17) is 9.47 Å². The zero-order chi connectivity index (χ0) is 11.7. The van der Waals surface area contributed by atoms with Crippen LogP contribution >= 0.6 is 11.3 Å². The number of hydrogen-bond donors (Lipinski definition) is 1. The molecule has 3 rings (SSSR count). The number of ether oxygens (including phenoxy) is 2. The van der Waals surface area contributed by atoms with Crippen molar-refractivity contribution in [1.82, 2.24) is 10.3 Å². The van der Waals surface area contributed by atoms with Crippen LogP contribution in [0.5, 0.6) is 11.5 Å². The number of fused-ring (bicyclic) bond motifs is 1. The lowest BCUT2D eigenvalue weighted by molar-refractivity contribution is 0.174. The first-order valence-electron chi connectivity index (χ1n) is 5.36. The van der Waals surface area contributed by atoms with Gasteiger partial charge in [-0.05, 0) is 25.2 Å². The van der Waals surface area contributed by atoms with E-state index >= 15 is 0 Å². The maximum absolute atomic E-state index is 5.36. The van der Waals surface area contributed by atoms with E-state index in [2.05, 4.69) is 15.7 Å². The number of rotatable bonds is 3. The Morgan fingerprint density at radius 2 is 2.24 bits per heavy atom.